The van der Waals surface area contributed by atoms with Gasteiger partial charge in [0.15, 0.2) is 0 Å². The van der Waals surface area contributed by atoms with Gasteiger partial charge in [0.05, 0.1) is 11.3 Å². The average Bonchev–Trinajstić information content (AvgIpc) is 3.77. The van der Waals surface area contributed by atoms with Gasteiger partial charge in [-0.05, 0) is 173 Å². The quantitative estimate of drug-likeness (QED) is 0.161. The van der Waals surface area contributed by atoms with Crippen molar-refractivity contribution in [1.29, 1.82) is 0 Å². The Morgan fingerprint density at radius 1 is 0.565 bits per heavy atom. The highest BCUT2D eigenvalue weighted by molar-refractivity contribution is 7.00. The van der Waals surface area contributed by atoms with Gasteiger partial charge in [-0.2, -0.15) is 0 Å². The van der Waals surface area contributed by atoms with Crippen LogP contribution in [0.1, 0.15) is 187 Å². The highest BCUT2D eigenvalue weighted by Crippen LogP contribution is 2.59. The van der Waals surface area contributed by atoms with Gasteiger partial charge < -0.3 is 14.2 Å². The Bertz CT molecular complexity index is 3260. The molecule has 354 valence electrons. The van der Waals surface area contributed by atoms with E-state index < -0.39 is 0 Å². The van der Waals surface area contributed by atoms with E-state index in [0.717, 1.165) is 24.1 Å². The Morgan fingerprint density at radius 3 is 1.81 bits per heavy atom. The Hall–Kier alpha value is -5.22. The number of nitrogens with zero attached hydrogens (tertiary/aromatic N) is 2. The first-order valence-electron chi connectivity index (χ1n) is 26.4. The first-order valence-corrected chi connectivity index (χ1v) is 26.4. The number of hydrogen-bond donors (Lipinski definition) is 0. The Kier molecular flexibility index (Phi) is 9.13. The monoisotopic (exact) mass is 911 g/mol. The molecule has 4 aliphatic carbocycles. The third-order valence-electron chi connectivity index (χ3n) is 18.8. The van der Waals surface area contributed by atoms with Crippen molar-refractivity contribution in [2.24, 2.45) is 5.92 Å². The highest BCUT2D eigenvalue weighted by Gasteiger charge is 2.54. The van der Waals surface area contributed by atoms with Gasteiger partial charge >= 0.3 is 0 Å². The van der Waals surface area contributed by atoms with Gasteiger partial charge in [0.1, 0.15) is 5.58 Å². The van der Waals surface area contributed by atoms with E-state index in [-0.39, 0.29) is 50.5 Å². The molecule has 2 atom stereocenters. The first-order chi connectivity index (χ1) is 32.2. The largest absolute Gasteiger partial charge is 0.468 e. The predicted molar refractivity (Wildman–Crippen MR) is 295 cm³/mol. The van der Waals surface area contributed by atoms with E-state index in [1.807, 2.05) is 0 Å². The summed E-state index contributed by atoms with van der Waals surface area (Å²) in [6, 6.07) is 34.4. The van der Waals surface area contributed by atoms with Gasteiger partial charge in [0.25, 0.3) is 6.71 Å². The van der Waals surface area contributed by atoms with Crippen LogP contribution in [0.15, 0.2) is 113 Å². The molecule has 1 aromatic heterocycles. The van der Waals surface area contributed by atoms with Crippen molar-refractivity contribution in [3.05, 3.63) is 153 Å². The third-order valence-corrected chi connectivity index (χ3v) is 18.8. The summed E-state index contributed by atoms with van der Waals surface area (Å²) < 4.78 is 7.60. The number of fused-ring (bicyclic) bond motifs is 11. The maximum atomic E-state index is 7.60. The van der Waals surface area contributed by atoms with E-state index in [1.165, 1.54) is 108 Å². The fourth-order valence-corrected chi connectivity index (χ4v) is 14.1. The number of rotatable bonds is 2. The van der Waals surface area contributed by atoms with Crippen molar-refractivity contribution in [2.75, 3.05) is 9.80 Å². The normalized spacial score (nSPS) is 22.8. The fraction of sp³-hybridized carbons (Fsp3) is 0.446. The van der Waals surface area contributed by atoms with Crippen molar-refractivity contribution >= 4 is 62.7 Å². The van der Waals surface area contributed by atoms with Crippen LogP contribution in [0.5, 0.6) is 0 Å². The molecule has 0 spiro atoms. The van der Waals surface area contributed by atoms with Crippen LogP contribution in [0.2, 0.25) is 0 Å². The van der Waals surface area contributed by atoms with Gasteiger partial charge in [-0.25, -0.2) is 0 Å². The topological polar surface area (TPSA) is 19.6 Å². The van der Waals surface area contributed by atoms with Crippen molar-refractivity contribution < 1.29 is 4.42 Å². The lowest BCUT2D eigenvalue weighted by Gasteiger charge is -2.48. The first kappa shape index (κ1) is 45.0. The molecular formula is C65H75BN2O. The van der Waals surface area contributed by atoms with Gasteiger partial charge in [-0.15, -0.1) is 0 Å². The minimum Gasteiger partial charge on any atom is -0.468 e. The summed E-state index contributed by atoms with van der Waals surface area (Å²) >= 11 is 0. The molecule has 2 unspecified atom stereocenters. The zero-order valence-corrected chi connectivity index (χ0v) is 44.7. The number of furan rings is 1. The molecule has 0 fully saturated rings. The molecule has 0 amide bonds. The van der Waals surface area contributed by atoms with Gasteiger partial charge in [0.2, 0.25) is 0 Å². The Morgan fingerprint density at radius 2 is 1.16 bits per heavy atom. The summed E-state index contributed by atoms with van der Waals surface area (Å²) in [4.78, 5) is 5.44. The molecule has 0 saturated heterocycles. The highest BCUT2D eigenvalue weighted by atomic mass is 16.3. The summed E-state index contributed by atoms with van der Waals surface area (Å²) in [6.45, 7) is 38.8. The molecule has 0 saturated carbocycles. The van der Waals surface area contributed by atoms with Crippen LogP contribution in [0.4, 0.5) is 28.4 Å². The van der Waals surface area contributed by atoms with Gasteiger partial charge in [-0.1, -0.05) is 165 Å². The molecular weight excluding hydrogens is 836 g/mol. The minimum atomic E-state index is -0.133. The summed E-state index contributed by atoms with van der Waals surface area (Å²) in [5.74, 6) is 0.474. The summed E-state index contributed by atoms with van der Waals surface area (Å²) in [6.07, 6.45) is 12.0. The molecule has 12 rings (SSSR count). The van der Waals surface area contributed by atoms with E-state index >= 15 is 0 Å². The zero-order valence-electron chi connectivity index (χ0n) is 44.7. The lowest BCUT2D eigenvalue weighted by molar-refractivity contribution is 0.332. The van der Waals surface area contributed by atoms with Crippen LogP contribution in [0, 0.1) is 5.92 Å². The second-order valence-electron chi connectivity index (χ2n) is 27.6. The standard InChI is InChI=1S/C65H75BN2O/c1-59(2,3)38-24-27-54-42(32-38)57-58(69-54)66-49-36-47-48(64(13,14)31-30-63(47,11)12)37-51(49)67(40-25-26-44-46(35-40)62(9,10)29-28-61(44,7)8)52-33-39(60(4,5)6)34-53(56(52)66)68(57)50-23-19-22-45-55(50)41-20-17-18-21-43(41)65(45,15)16/h17-27,32-37,45,55H,28-31H2,1-16H3. The van der Waals surface area contributed by atoms with Crippen LogP contribution in [0.25, 0.3) is 11.0 Å². The van der Waals surface area contributed by atoms with Crippen LogP contribution in [-0.4, -0.2) is 6.71 Å². The van der Waals surface area contributed by atoms with Crippen molar-refractivity contribution in [1.82, 2.24) is 0 Å². The Balaban J connectivity index is 1.23. The molecule has 5 aromatic carbocycles. The van der Waals surface area contributed by atoms with Crippen molar-refractivity contribution in [3.8, 4) is 0 Å². The number of hydrogen-bond acceptors (Lipinski definition) is 3. The molecule has 4 heteroatoms. The van der Waals surface area contributed by atoms with Crippen molar-refractivity contribution in [3.63, 3.8) is 0 Å². The molecule has 0 bridgehead atoms. The van der Waals surface area contributed by atoms with E-state index in [9.17, 15) is 0 Å². The third kappa shape index (κ3) is 6.31. The SMILES string of the molecule is CC(C)(C)c1cc2c3c(c1)N(c1ccc4c(c1)C(C)(C)CCC4(C)C)c1cc4c(cc1B3c1oc3ccc(C(C)(C)C)cc3c1N2C1=CC=CC2C1c1ccccc1C2(C)C)C(C)(C)CCC4(C)C. The van der Waals surface area contributed by atoms with E-state index in [0.29, 0.717) is 5.92 Å². The second kappa shape index (κ2) is 14.0. The molecule has 3 heterocycles. The smallest absolute Gasteiger partial charge is 0.297 e. The minimum absolute atomic E-state index is 0.0291. The number of benzene rings is 5. The lowest BCUT2D eigenvalue weighted by atomic mass is 9.35. The Labute approximate surface area is 414 Å². The molecule has 6 aromatic rings. The summed E-state index contributed by atoms with van der Waals surface area (Å²) in [5.41, 5.74) is 23.9. The number of anilines is 5. The van der Waals surface area contributed by atoms with Gasteiger partial charge in [0, 0.05) is 39.8 Å². The molecule has 0 N–H and O–H groups in total. The molecule has 6 aliphatic rings. The van der Waals surface area contributed by atoms with Crippen LogP contribution < -0.4 is 26.4 Å². The van der Waals surface area contributed by atoms with Crippen LogP contribution >= 0.6 is 0 Å². The average molecular weight is 911 g/mol. The van der Waals surface area contributed by atoms with E-state index in [4.69, 9.17) is 4.42 Å². The van der Waals surface area contributed by atoms with Crippen LogP contribution in [-0.2, 0) is 37.9 Å². The van der Waals surface area contributed by atoms with E-state index in [2.05, 4.69) is 224 Å². The van der Waals surface area contributed by atoms with Crippen molar-refractivity contribution in [2.45, 2.75) is 180 Å². The number of allylic oxidation sites excluding steroid dienone is 4. The summed E-state index contributed by atoms with van der Waals surface area (Å²) in [5, 5.41) is 1.20. The van der Waals surface area contributed by atoms with E-state index in [1.54, 1.807) is 0 Å². The predicted octanol–water partition coefficient (Wildman–Crippen LogP) is 15.6. The lowest BCUT2D eigenvalue weighted by Crippen LogP contribution is -2.62. The molecule has 69 heavy (non-hydrogen) atoms. The molecule has 3 nitrogen and oxygen atoms in total. The molecule has 0 radical (unpaired) electrons. The summed E-state index contributed by atoms with van der Waals surface area (Å²) in [7, 11) is 0. The van der Waals surface area contributed by atoms with Crippen LogP contribution in [0.3, 0.4) is 0 Å². The fourth-order valence-electron chi connectivity index (χ4n) is 14.1. The maximum Gasteiger partial charge on any atom is 0.297 e. The molecule has 2 aliphatic heterocycles. The maximum absolute atomic E-state index is 7.60. The van der Waals surface area contributed by atoms with Gasteiger partial charge in [-0.3, -0.25) is 0 Å². The zero-order chi connectivity index (χ0) is 48.9. The second-order valence-corrected chi connectivity index (χ2v) is 27.6.